The molecule has 0 bridgehead atoms. The second kappa shape index (κ2) is 3.61. The fraction of sp³-hybridized carbons (Fsp3) is 0.444. The summed E-state index contributed by atoms with van der Waals surface area (Å²) in [5.74, 6) is 0.845. The first-order chi connectivity index (χ1) is 6.75. The minimum absolute atomic E-state index is 0.0871. The minimum atomic E-state index is 0.0871. The Morgan fingerprint density at radius 1 is 1.50 bits per heavy atom. The number of hydrogen-bond donors (Lipinski definition) is 2. The summed E-state index contributed by atoms with van der Waals surface area (Å²) in [4.78, 5) is 19.2. The lowest BCUT2D eigenvalue weighted by Gasteiger charge is -2.11. The number of hydrogen-bond acceptors (Lipinski definition) is 4. The third-order valence-corrected chi connectivity index (χ3v) is 2.20. The lowest BCUT2D eigenvalue weighted by Crippen LogP contribution is -2.23. The molecule has 1 aliphatic heterocycles. The van der Waals surface area contributed by atoms with Gasteiger partial charge in [-0.05, 0) is 6.92 Å². The van der Waals surface area contributed by atoms with Gasteiger partial charge in [-0.15, -0.1) is 0 Å². The zero-order valence-corrected chi connectivity index (χ0v) is 7.95. The Labute approximate surface area is 82.0 Å². The number of carbonyl (C=O) groups is 1. The molecule has 1 unspecified atom stereocenters. The Bertz CT molecular complexity index is 352. The first-order valence-electron chi connectivity index (χ1n) is 4.56. The summed E-state index contributed by atoms with van der Waals surface area (Å²) in [6.45, 7) is 2.55. The standard InChI is InChI=1S/C9H12N4O/c1-6-9(11-3-2-10-6)13-7-4-8(14)12-5-7/h2-3,7H,4-5H2,1H3,(H,11,13)(H,12,14). The molecule has 5 nitrogen and oxygen atoms in total. The maximum Gasteiger partial charge on any atom is 0.222 e. The van der Waals surface area contributed by atoms with E-state index in [1.54, 1.807) is 12.4 Å². The second-order valence-electron chi connectivity index (χ2n) is 3.34. The van der Waals surface area contributed by atoms with Crippen LogP contribution in [0.1, 0.15) is 12.1 Å². The van der Waals surface area contributed by atoms with Crippen LogP contribution in [0.3, 0.4) is 0 Å². The predicted octanol–water partition coefficient (Wildman–Crippen LogP) is 0.0854. The summed E-state index contributed by atoms with van der Waals surface area (Å²) in [5.41, 5.74) is 0.854. The molecular formula is C9H12N4O. The number of rotatable bonds is 2. The van der Waals surface area contributed by atoms with E-state index in [1.165, 1.54) is 0 Å². The molecule has 1 aromatic heterocycles. The molecule has 0 spiro atoms. The normalized spacial score (nSPS) is 20.6. The molecule has 1 aromatic rings. The van der Waals surface area contributed by atoms with Crippen molar-refractivity contribution in [2.45, 2.75) is 19.4 Å². The van der Waals surface area contributed by atoms with E-state index in [1.807, 2.05) is 6.92 Å². The van der Waals surface area contributed by atoms with Crippen LogP contribution < -0.4 is 10.6 Å². The van der Waals surface area contributed by atoms with Crippen molar-refractivity contribution < 1.29 is 4.79 Å². The third-order valence-electron chi connectivity index (χ3n) is 2.20. The largest absolute Gasteiger partial charge is 0.364 e. The predicted molar refractivity (Wildman–Crippen MR) is 51.8 cm³/mol. The molecule has 5 heteroatoms. The summed E-state index contributed by atoms with van der Waals surface area (Å²) < 4.78 is 0. The molecule has 0 aromatic carbocycles. The highest BCUT2D eigenvalue weighted by Crippen LogP contribution is 2.11. The van der Waals surface area contributed by atoms with Gasteiger partial charge in [0, 0.05) is 25.4 Å². The molecule has 1 atom stereocenters. The monoisotopic (exact) mass is 192 g/mol. The maximum atomic E-state index is 10.9. The van der Waals surface area contributed by atoms with E-state index in [2.05, 4.69) is 20.6 Å². The molecule has 0 aliphatic carbocycles. The van der Waals surface area contributed by atoms with Gasteiger partial charge in [-0.2, -0.15) is 0 Å². The van der Waals surface area contributed by atoms with Crippen LogP contribution in [-0.4, -0.2) is 28.5 Å². The second-order valence-corrected chi connectivity index (χ2v) is 3.34. The molecule has 0 saturated carbocycles. The highest BCUT2D eigenvalue weighted by Gasteiger charge is 2.21. The molecule has 2 heterocycles. The Morgan fingerprint density at radius 3 is 2.93 bits per heavy atom. The maximum absolute atomic E-state index is 10.9. The van der Waals surface area contributed by atoms with Crippen molar-refractivity contribution in [1.82, 2.24) is 15.3 Å². The molecular weight excluding hydrogens is 180 g/mol. The third kappa shape index (κ3) is 1.81. The zero-order chi connectivity index (χ0) is 9.97. The van der Waals surface area contributed by atoms with Crippen LogP contribution in [0.5, 0.6) is 0 Å². The number of anilines is 1. The van der Waals surface area contributed by atoms with Gasteiger partial charge in [0.25, 0.3) is 0 Å². The smallest absolute Gasteiger partial charge is 0.222 e. The van der Waals surface area contributed by atoms with E-state index in [0.717, 1.165) is 11.5 Å². The number of aryl methyl sites for hydroxylation is 1. The summed E-state index contributed by atoms with van der Waals surface area (Å²) in [6.07, 6.45) is 3.80. The van der Waals surface area contributed by atoms with Crippen molar-refractivity contribution >= 4 is 11.7 Å². The molecule has 1 amide bonds. The molecule has 2 rings (SSSR count). The Morgan fingerprint density at radius 2 is 2.29 bits per heavy atom. The summed E-state index contributed by atoms with van der Waals surface area (Å²) in [5, 5.41) is 5.94. The van der Waals surface area contributed by atoms with Crippen molar-refractivity contribution in [1.29, 1.82) is 0 Å². The summed E-state index contributed by atoms with van der Waals surface area (Å²) >= 11 is 0. The van der Waals surface area contributed by atoms with E-state index in [4.69, 9.17) is 0 Å². The average Bonchev–Trinajstić information content (AvgIpc) is 2.56. The van der Waals surface area contributed by atoms with Crippen molar-refractivity contribution in [3.8, 4) is 0 Å². The van der Waals surface area contributed by atoms with Crippen LogP contribution in [0, 0.1) is 6.92 Å². The fourth-order valence-corrected chi connectivity index (χ4v) is 1.45. The van der Waals surface area contributed by atoms with E-state index in [0.29, 0.717) is 13.0 Å². The van der Waals surface area contributed by atoms with Gasteiger partial charge in [-0.3, -0.25) is 9.78 Å². The molecule has 0 radical (unpaired) electrons. The van der Waals surface area contributed by atoms with Crippen LogP contribution >= 0.6 is 0 Å². The van der Waals surface area contributed by atoms with Crippen LogP contribution in [0.15, 0.2) is 12.4 Å². The van der Waals surface area contributed by atoms with E-state index < -0.39 is 0 Å². The Balaban J connectivity index is 2.04. The molecule has 1 saturated heterocycles. The summed E-state index contributed by atoms with van der Waals surface area (Å²) in [7, 11) is 0. The van der Waals surface area contributed by atoms with E-state index >= 15 is 0 Å². The molecule has 1 aliphatic rings. The molecule has 1 fully saturated rings. The quantitative estimate of drug-likeness (QED) is 0.696. The van der Waals surface area contributed by atoms with E-state index in [-0.39, 0.29) is 11.9 Å². The van der Waals surface area contributed by atoms with Gasteiger partial charge >= 0.3 is 0 Å². The van der Waals surface area contributed by atoms with Crippen molar-refractivity contribution in [2.24, 2.45) is 0 Å². The first kappa shape index (κ1) is 8.93. The Kier molecular flexibility index (Phi) is 2.30. The van der Waals surface area contributed by atoms with Crippen molar-refractivity contribution in [3.05, 3.63) is 18.1 Å². The van der Waals surface area contributed by atoms with Crippen molar-refractivity contribution in [2.75, 3.05) is 11.9 Å². The van der Waals surface area contributed by atoms with Gasteiger partial charge in [0.15, 0.2) is 0 Å². The lowest BCUT2D eigenvalue weighted by atomic mass is 10.2. The summed E-state index contributed by atoms with van der Waals surface area (Å²) in [6, 6.07) is 0.137. The van der Waals surface area contributed by atoms with Crippen molar-refractivity contribution in [3.63, 3.8) is 0 Å². The molecule has 2 N–H and O–H groups in total. The highest BCUT2D eigenvalue weighted by atomic mass is 16.1. The van der Waals surface area contributed by atoms with Gasteiger partial charge < -0.3 is 10.6 Å². The van der Waals surface area contributed by atoms with Gasteiger partial charge in [0.2, 0.25) is 5.91 Å². The van der Waals surface area contributed by atoms with Gasteiger partial charge in [0.05, 0.1) is 11.7 Å². The first-order valence-corrected chi connectivity index (χ1v) is 4.56. The minimum Gasteiger partial charge on any atom is -0.364 e. The number of carbonyl (C=O) groups excluding carboxylic acids is 1. The van der Waals surface area contributed by atoms with Gasteiger partial charge in [-0.25, -0.2) is 4.98 Å². The van der Waals surface area contributed by atoms with Gasteiger partial charge in [0.1, 0.15) is 5.82 Å². The number of amides is 1. The highest BCUT2D eigenvalue weighted by molar-refractivity contribution is 5.79. The van der Waals surface area contributed by atoms with Crippen LogP contribution in [0.2, 0.25) is 0 Å². The van der Waals surface area contributed by atoms with Crippen LogP contribution in [0.25, 0.3) is 0 Å². The molecule has 74 valence electrons. The average molecular weight is 192 g/mol. The number of aromatic nitrogens is 2. The Hall–Kier alpha value is -1.65. The van der Waals surface area contributed by atoms with Gasteiger partial charge in [-0.1, -0.05) is 0 Å². The number of nitrogens with one attached hydrogen (secondary N) is 2. The molecule has 14 heavy (non-hydrogen) atoms. The van der Waals surface area contributed by atoms with E-state index in [9.17, 15) is 4.79 Å². The SMILES string of the molecule is Cc1nccnc1NC1CNC(=O)C1. The lowest BCUT2D eigenvalue weighted by molar-refractivity contribution is -0.119. The van der Waals surface area contributed by atoms with Crippen LogP contribution in [0.4, 0.5) is 5.82 Å². The van der Waals surface area contributed by atoms with Crippen LogP contribution in [-0.2, 0) is 4.79 Å². The zero-order valence-electron chi connectivity index (χ0n) is 7.95. The fourth-order valence-electron chi connectivity index (χ4n) is 1.45. The number of nitrogens with zero attached hydrogens (tertiary/aromatic N) is 2. The topological polar surface area (TPSA) is 66.9 Å².